The van der Waals surface area contributed by atoms with Crippen LogP contribution in [0.25, 0.3) is 0 Å². The van der Waals surface area contributed by atoms with Crippen LogP contribution in [-0.4, -0.2) is 49.7 Å². The van der Waals surface area contributed by atoms with Crippen molar-refractivity contribution in [1.82, 2.24) is 10.2 Å². The number of carbonyl (C=O) groups is 1. The maximum atomic E-state index is 12.4. The summed E-state index contributed by atoms with van der Waals surface area (Å²) in [7, 11) is 0. The maximum absolute atomic E-state index is 12.4. The van der Waals surface area contributed by atoms with Gasteiger partial charge in [0.15, 0.2) is 0 Å². The second-order valence-electron chi connectivity index (χ2n) is 6.24. The van der Waals surface area contributed by atoms with Crippen LogP contribution in [0.1, 0.15) is 29.8 Å². The first-order chi connectivity index (χ1) is 10.5. The smallest absolute Gasteiger partial charge is 0.251 e. The molecule has 1 aromatic rings. The van der Waals surface area contributed by atoms with Gasteiger partial charge in [-0.15, -0.1) is 0 Å². The minimum absolute atomic E-state index is 0.0521. The standard InChI is InChI=1S/C17H27N3O2/c1-12(2)16(20-6-8-22-9-7-20)11-19-17(21)15-10-14(18)5-4-13(15)3/h4-5,10,12,16H,6-9,11,18H2,1-3H3,(H,19,21). The molecule has 0 bridgehead atoms. The van der Waals surface area contributed by atoms with Gasteiger partial charge in [-0.05, 0) is 30.5 Å². The zero-order chi connectivity index (χ0) is 16.1. The van der Waals surface area contributed by atoms with Gasteiger partial charge in [0, 0.05) is 36.9 Å². The fourth-order valence-electron chi connectivity index (χ4n) is 2.87. The van der Waals surface area contributed by atoms with Gasteiger partial charge in [0.2, 0.25) is 0 Å². The predicted octanol–water partition coefficient (Wildman–Crippen LogP) is 1.66. The number of benzene rings is 1. The van der Waals surface area contributed by atoms with Crippen LogP contribution in [0.15, 0.2) is 18.2 Å². The molecular formula is C17H27N3O2. The fourth-order valence-corrected chi connectivity index (χ4v) is 2.87. The third kappa shape index (κ3) is 4.21. The minimum atomic E-state index is -0.0521. The number of nitrogen functional groups attached to an aromatic ring is 1. The predicted molar refractivity (Wildman–Crippen MR) is 88.9 cm³/mol. The molecule has 0 saturated carbocycles. The highest BCUT2D eigenvalue weighted by molar-refractivity contribution is 5.96. The highest BCUT2D eigenvalue weighted by Crippen LogP contribution is 2.15. The number of rotatable bonds is 5. The highest BCUT2D eigenvalue weighted by atomic mass is 16.5. The lowest BCUT2D eigenvalue weighted by atomic mass is 10.0. The van der Waals surface area contributed by atoms with Crippen molar-refractivity contribution in [2.45, 2.75) is 26.8 Å². The number of carbonyl (C=O) groups excluding carboxylic acids is 1. The molecule has 122 valence electrons. The van der Waals surface area contributed by atoms with E-state index in [2.05, 4.69) is 24.1 Å². The molecule has 1 atom stereocenters. The van der Waals surface area contributed by atoms with Gasteiger partial charge >= 0.3 is 0 Å². The third-order valence-corrected chi connectivity index (χ3v) is 4.26. The van der Waals surface area contributed by atoms with E-state index >= 15 is 0 Å². The summed E-state index contributed by atoms with van der Waals surface area (Å²) in [6.45, 7) is 10.3. The monoisotopic (exact) mass is 305 g/mol. The number of aryl methyl sites for hydroxylation is 1. The number of nitrogens with zero attached hydrogens (tertiary/aromatic N) is 1. The molecule has 1 saturated heterocycles. The van der Waals surface area contributed by atoms with E-state index in [-0.39, 0.29) is 5.91 Å². The molecule has 1 heterocycles. The van der Waals surface area contributed by atoms with Crippen molar-refractivity contribution in [1.29, 1.82) is 0 Å². The van der Waals surface area contributed by atoms with Crippen molar-refractivity contribution in [3.63, 3.8) is 0 Å². The summed E-state index contributed by atoms with van der Waals surface area (Å²) in [5.74, 6) is 0.420. The molecule has 0 aromatic heterocycles. The Morgan fingerprint density at radius 3 is 2.68 bits per heavy atom. The Labute approximate surface area is 132 Å². The number of nitrogens with two attached hydrogens (primary N) is 1. The molecule has 2 rings (SSSR count). The minimum Gasteiger partial charge on any atom is -0.399 e. The van der Waals surface area contributed by atoms with E-state index in [0.29, 0.717) is 29.8 Å². The Kier molecular flexibility index (Phi) is 5.80. The molecule has 1 amide bonds. The van der Waals surface area contributed by atoms with Gasteiger partial charge in [0.25, 0.3) is 5.91 Å². The van der Waals surface area contributed by atoms with Crippen LogP contribution in [0.4, 0.5) is 5.69 Å². The summed E-state index contributed by atoms with van der Waals surface area (Å²) in [4.78, 5) is 14.8. The molecule has 5 nitrogen and oxygen atoms in total. The molecule has 1 aliphatic heterocycles. The van der Waals surface area contributed by atoms with E-state index in [9.17, 15) is 4.79 Å². The zero-order valence-corrected chi connectivity index (χ0v) is 13.8. The first kappa shape index (κ1) is 16.8. The molecule has 0 radical (unpaired) electrons. The van der Waals surface area contributed by atoms with Crippen molar-refractivity contribution in [2.75, 3.05) is 38.6 Å². The average Bonchev–Trinajstić information content (AvgIpc) is 2.50. The van der Waals surface area contributed by atoms with Crippen molar-refractivity contribution < 1.29 is 9.53 Å². The summed E-state index contributed by atoms with van der Waals surface area (Å²) in [6.07, 6.45) is 0. The van der Waals surface area contributed by atoms with E-state index in [1.165, 1.54) is 0 Å². The van der Waals surface area contributed by atoms with Gasteiger partial charge in [0.1, 0.15) is 0 Å². The molecular weight excluding hydrogens is 278 g/mol. The molecule has 0 aliphatic carbocycles. The molecule has 1 aliphatic rings. The van der Waals surface area contributed by atoms with E-state index in [0.717, 1.165) is 31.9 Å². The highest BCUT2D eigenvalue weighted by Gasteiger charge is 2.24. The first-order valence-corrected chi connectivity index (χ1v) is 7.95. The van der Waals surface area contributed by atoms with Crippen LogP contribution in [-0.2, 0) is 4.74 Å². The average molecular weight is 305 g/mol. The van der Waals surface area contributed by atoms with E-state index in [1.807, 2.05) is 19.1 Å². The summed E-state index contributed by atoms with van der Waals surface area (Å²) < 4.78 is 5.41. The Hall–Kier alpha value is -1.59. The summed E-state index contributed by atoms with van der Waals surface area (Å²) in [5, 5.41) is 3.07. The van der Waals surface area contributed by atoms with Crippen molar-refractivity contribution in [3.05, 3.63) is 29.3 Å². The third-order valence-electron chi connectivity index (χ3n) is 4.26. The van der Waals surface area contributed by atoms with Crippen LogP contribution >= 0.6 is 0 Å². The fraction of sp³-hybridized carbons (Fsp3) is 0.588. The summed E-state index contributed by atoms with van der Waals surface area (Å²) in [5.41, 5.74) is 8.00. The number of ether oxygens (including phenoxy) is 1. The summed E-state index contributed by atoms with van der Waals surface area (Å²) in [6, 6.07) is 5.77. The first-order valence-electron chi connectivity index (χ1n) is 7.95. The number of morpholine rings is 1. The van der Waals surface area contributed by atoms with Gasteiger partial charge in [-0.1, -0.05) is 19.9 Å². The van der Waals surface area contributed by atoms with Gasteiger partial charge < -0.3 is 15.8 Å². The number of amides is 1. The zero-order valence-electron chi connectivity index (χ0n) is 13.8. The van der Waals surface area contributed by atoms with Crippen LogP contribution < -0.4 is 11.1 Å². The largest absolute Gasteiger partial charge is 0.399 e. The topological polar surface area (TPSA) is 67.6 Å². The maximum Gasteiger partial charge on any atom is 0.251 e. The lowest BCUT2D eigenvalue weighted by Gasteiger charge is -2.37. The lowest BCUT2D eigenvalue weighted by molar-refractivity contribution is 0.00672. The van der Waals surface area contributed by atoms with Crippen LogP contribution in [0.2, 0.25) is 0 Å². The van der Waals surface area contributed by atoms with Gasteiger partial charge in [-0.2, -0.15) is 0 Å². The normalized spacial score (nSPS) is 17.5. The van der Waals surface area contributed by atoms with Crippen LogP contribution in [0.5, 0.6) is 0 Å². The SMILES string of the molecule is Cc1ccc(N)cc1C(=O)NCC(C(C)C)N1CCOCC1. The number of hydrogen-bond donors (Lipinski definition) is 2. The lowest BCUT2D eigenvalue weighted by Crippen LogP contribution is -2.51. The van der Waals surface area contributed by atoms with Gasteiger partial charge in [-0.25, -0.2) is 0 Å². The molecule has 0 spiro atoms. The Morgan fingerprint density at radius 1 is 1.36 bits per heavy atom. The van der Waals surface area contributed by atoms with Gasteiger partial charge in [-0.3, -0.25) is 9.69 Å². The van der Waals surface area contributed by atoms with Crippen molar-refractivity contribution in [3.8, 4) is 0 Å². The second-order valence-corrected chi connectivity index (χ2v) is 6.24. The Morgan fingerprint density at radius 2 is 2.05 bits per heavy atom. The van der Waals surface area contributed by atoms with E-state index in [1.54, 1.807) is 6.07 Å². The quantitative estimate of drug-likeness (QED) is 0.812. The molecule has 1 unspecified atom stereocenters. The summed E-state index contributed by atoms with van der Waals surface area (Å²) >= 11 is 0. The van der Waals surface area contributed by atoms with Gasteiger partial charge in [0.05, 0.1) is 13.2 Å². The molecule has 22 heavy (non-hydrogen) atoms. The molecule has 1 aromatic carbocycles. The van der Waals surface area contributed by atoms with Crippen LogP contribution in [0, 0.1) is 12.8 Å². The number of hydrogen-bond acceptors (Lipinski definition) is 4. The number of anilines is 1. The van der Waals surface area contributed by atoms with Crippen molar-refractivity contribution >= 4 is 11.6 Å². The van der Waals surface area contributed by atoms with Crippen molar-refractivity contribution in [2.24, 2.45) is 5.92 Å². The molecule has 5 heteroatoms. The second kappa shape index (κ2) is 7.61. The molecule has 3 N–H and O–H groups in total. The van der Waals surface area contributed by atoms with E-state index in [4.69, 9.17) is 10.5 Å². The van der Waals surface area contributed by atoms with Crippen LogP contribution in [0.3, 0.4) is 0 Å². The Balaban J connectivity index is 1.99. The Bertz CT molecular complexity index is 511. The van der Waals surface area contributed by atoms with E-state index < -0.39 is 0 Å². The number of nitrogens with one attached hydrogen (secondary N) is 1. The molecule has 1 fully saturated rings.